The third-order valence-corrected chi connectivity index (χ3v) is 6.03. The van der Waals surface area contributed by atoms with Crippen LogP contribution in [0.3, 0.4) is 0 Å². The highest BCUT2D eigenvalue weighted by Gasteiger charge is 2.36. The Kier molecular flexibility index (Phi) is 5.22. The summed E-state index contributed by atoms with van der Waals surface area (Å²) in [5.74, 6) is -0.603. The van der Waals surface area contributed by atoms with E-state index >= 15 is 0 Å². The van der Waals surface area contributed by atoms with Crippen LogP contribution in [0.1, 0.15) is 46.3 Å². The molecule has 150 valence electrons. The molecule has 0 N–H and O–H groups in total. The second-order valence-corrected chi connectivity index (χ2v) is 7.90. The lowest BCUT2D eigenvalue weighted by atomic mass is 9.98. The average Bonchev–Trinajstić information content (AvgIpc) is 3.16. The topological polar surface area (TPSA) is 40.6 Å². The first-order chi connectivity index (χ1) is 14.0. The van der Waals surface area contributed by atoms with Crippen molar-refractivity contribution in [1.29, 1.82) is 0 Å². The third kappa shape index (κ3) is 3.69. The number of fused-ring (bicyclic) bond motifs is 1. The zero-order valence-corrected chi connectivity index (χ0v) is 16.6. The van der Waals surface area contributed by atoms with Crippen LogP contribution in [-0.2, 0) is 11.2 Å². The van der Waals surface area contributed by atoms with Crippen LogP contribution >= 0.6 is 0 Å². The fourth-order valence-electron chi connectivity index (χ4n) is 4.52. The summed E-state index contributed by atoms with van der Waals surface area (Å²) < 4.78 is 13.8. The molecule has 29 heavy (non-hydrogen) atoms. The highest BCUT2D eigenvalue weighted by Crippen LogP contribution is 2.35. The Morgan fingerprint density at radius 2 is 1.97 bits per heavy atom. The molecule has 0 spiro atoms. The molecule has 0 radical (unpaired) electrons. The van der Waals surface area contributed by atoms with Gasteiger partial charge in [-0.1, -0.05) is 36.9 Å². The summed E-state index contributed by atoms with van der Waals surface area (Å²) >= 11 is 0. The van der Waals surface area contributed by atoms with Crippen molar-refractivity contribution in [3.63, 3.8) is 0 Å². The van der Waals surface area contributed by atoms with Crippen LogP contribution in [0.4, 0.5) is 4.39 Å². The highest BCUT2D eigenvalue weighted by atomic mass is 19.1. The second-order valence-electron chi connectivity index (χ2n) is 7.90. The van der Waals surface area contributed by atoms with Gasteiger partial charge in [-0.15, -0.1) is 0 Å². The van der Waals surface area contributed by atoms with Gasteiger partial charge >= 0.3 is 0 Å². The molecule has 4 rings (SSSR count). The van der Waals surface area contributed by atoms with Gasteiger partial charge in [0.25, 0.3) is 5.91 Å². The van der Waals surface area contributed by atoms with Crippen LogP contribution in [0.15, 0.2) is 49.0 Å². The van der Waals surface area contributed by atoms with Gasteiger partial charge in [0.1, 0.15) is 5.82 Å². The molecule has 2 aromatic carbocycles. The van der Waals surface area contributed by atoms with Crippen molar-refractivity contribution in [2.24, 2.45) is 0 Å². The van der Waals surface area contributed by atoms with Crippen LogP contribution in [0, 0.1) is 5.82 Å². The van der Waals surface area contributed by atoms with Crippen molar-refractivity contribution < 1.29 is 14.0 Å². The molecule has 0 bridgehead atoms. The van der Waals surface area contributed by atoms with Crippen molar-refractivity contribution in [3.05, 3.63) is 77.1 Å². The molecule has 2 atom stereocenters. The lowest BCUT2D eigenvalue weighted by molar-refractivity contribution is -0.136. The van der Waals surface area contributed by atoms with Gasteiger partial charge in [-0.2, -0.15) is 0 Å². The summed E-state index contributed by atoms with van der Waals surface area (Å²) in [6.07, 6.45) is 3.31. The van der Waals surface area contributed by atoms with E-state index in [0.717, 1.165) is 18.4 Å². The molecule has 2 aliphatic rings. The Morgan fingerprint density at radius 1 is 1.17 bits per heavy atom. The maximum absolute atomic E-state index is 13.8. The normalized spacial score (nSPS) is 21.0. The standard InChI is InChI=1S/C24H25FN2O2/c1-3-17-12-19(14-20(25)13-17)23(28)26-10-11-27(16(2)15-26)24(29)22-9-8-18-6-4-5-7-21(18)22/h3-7,12-14,16,22H,1,8-11,15H2,2H3/t16-,22?/m0/s1. The van der Waals surface area contributed by atoms with E-state index in [1.807, 2.05) is 24.0 Å². The van der Waals surface area contributed by atoms with Crippen LogP contribution in [0.25, 0.3) is 6.08 Å². The Labute approximate surface area is 170 Å². The molecule has 1 heterocycles. The quantitative estimate of drug-likeness (QED) is 0.796. The number of hydrogen-bond donors (Lipinski definition) is 0. The lowest BCUT2D eigenvalue weighted by Gasteiger charge is -2.41. The van der Waals surface area contributed by atoms with Gasteiger partial charge in [-0.25, -0.2) is 4.39 Å². The predicted molar refractivity (Wildman–Crippen MR) is 111 cm³/mol. The van der Waals surface area contributed by atoms with Crippen LogP contribution in [-0.4, -0.2) is 47.3 Å². The third-order valence-electron chi connectivity index (χ3n) is 6.03. The van der Waals surface area contributed by atoms with E-state index in [9.17, 15) is 14.0 Å². The van der Waals surface area contributed by atoms with Gasteiger partial charge in [-0.05, 0) is 54.7 Å². The molecule has 1 fully saturated rings. The van der Waals surface area contributed by atoms with Crippen molar-refractivity contribution in [3.8, 4) is 0 Å². The fourth-order valence-corrected chi connectivity index (χ4v) is 4.52. The van der Waals surface area contributed by atoms with Crippen molar-refractivity contribution in [1.82, 2.24) is 9.80 Å². The zero-order chi connectivity index (χ0) is 20.5. The molecule has 0 saturated carbocycles. The maximum atomic E-state index is 13.8. The van der Waals surface area contributed by atoms with E-state index in [2.05, 4.69) is 18.7 Å². The molecule has 4 nitrogen and oxygen atoms in total. The monoisotopic (exact) mass is 392 g/mol. The first kappa shape index (κ1) is 19.4. The van der Waals surface area contributed by atoms with Crippen LogP contribution < -0.4 is 0 Å². The predicted octanol–water partition coefficient (Wildman–Crippen LogP) is 3.87. The van der Waals surface area contributed by atoms with E-state index in [0.29, 0.717) is 30.8 Å². The minimum atomic E-state index is -0.451. The van der Waals surface area contributed by atoms with Crippen molar-refractivity contribution in [2.75, 3.05) is 19.6 Å². The molecule has 2 aromatic rings. The van der Waals surface area contributed by atoms with Gasteiger partial charge in [0.05, 0.1) is 5.92 Å². The number of carbonyl (C=O) groups excluding carboxylic acids is 2. The summed E-state index contributed by atoms with van der Waals surface area (Å²) in [4.78, 5) is 29.7. The lowest BCUT2D eigenvalue weighted by Crippen LogP contribution is -2.56. The van der Waals surface area contributed by atoms with Crippen LogP contribution in [0.2, 0.25) is 0 Å². The number of carbonyl (C=O) groups is 2. The first-order valence-electron chi connectivity index (χ1n) is 10.1. The molecule has 5 heteroatoms. The highest BCUT2D eigenvalue weighted by molar-refractivity contribution is 5.95. The minimum absolute atomic E-state index is 0.0830. The van der Waals surface area contributed by atoms with E-state index in [1.165, 1.54) is 23.8 Å². The smallest absolute Gasteiger partial charge is 0.254 e. The van der Waals surface area contributed by atoms with Gasteiger partial charge in [0, 0.05) is 31.2 Å². The Hall–Kier alpha value is -2.95. The second kappa shape index (κ2) is 7.82. The largest absolute Gasteiger partial charge is 0.336 e. The molecular weight excluding hydrogens is 367 g/mol. The average molecular weight is 392 g/mol. The van der Waals surface area contributed by atoms with Crippen LogP contribution in [0.5, 0.6) is 0 Å². The number of hydrogen-bond acceptors (Lipinski definition) is 2. The maximum Gasteiger partial charge on any atom is 0.254 e. The van der Waals surface area contributed by atoms with E-state index in [4.69, 9.17) is 0 Å². The van der Waals surface area contributed by atoms with E-state index in [1.54, 1.807) is 11.0 Å². The number of rotatable bonds is 3. The summed E-state index contributed by atoms with van der Waals surface area (Å²) in [6.45, 7) is 7.00. The number of amides is 2. The first-order valence-corrected chi connectivity index (χ1v) is 10.1. The Morgan fingerprint density at radius 3 is 2.72 bits per heavy atom. The van der Waals surface area contributed by atoms with Crippen molar-refractivity contribution in [2.45, 2.75) is 31.7 Å². The number of benzene rings is 2. The fraction of sp³-hybridized carbons (Fsp3) is 0.333. The van der Waals surface area contributed by atoms with Gasteiger partial charge < -0.3 is 9.80 Å². The zero-order valence-electron chi connectivity index (χ0n) is 16.6. The summed E-state index contributed by atoms with van der Waals surface area (Å²) in [6, 6.07) is 12.3. The number of nitrogens with zero attached hydrogens (tertiary/aromatic N) is 2. The minimum Gasteiger partial charge on any atom is -0.336 e. The summed E-state index contributed by atoms with van der Waals surface area (Å²) in [5.41, 5.74) is 3.29. The molecule has 1 aliphatic heterocycles. The molecular formula is C24H25FN2O2. The SMILES string of the molecule is C=Cc1cc(F)cc(C(=O)N2CCN(C(=O)C3CCc4ccccc43)[C@@H](C)C2)c1. The number of halogens is 1. The van der Waals surface area contributed by atoms with Gasteiger partial charge in [0.15, 0.2) is 0 Å². The van der Waals surface area contributed by atoms with Gasteiger partial charge in [-0.3, -0.25) is 9.59 Å². The molecule has 2 amide bonds. The Balaban J connectivity index is 1.46. The molecule has 0 aromatic heterocycles. The molecule has 1 aliphatic carbocycles. The van der Waals surface area contributed by atoms with E-state index in [-0.39, 0.29) is 23.8 Å². The summed E-state index contributed by atoms with van der Waals surface area (Å²) in [5, 5.41) is 0. The Bertz CT molecular complexity index is 971. The van der Waals surface area contributed by atoms with E-state index < -0.39 is 5.82 Å². The molecule has 1 unspecified atom stereocenters. The number of aryl methyl sites for hydroxylation is 1. The van der Waals surface area contributed by atoms with Crippen molar-refractivity contribution >= 4 is 17.9 Å². The van der Waals surface area contributed by atoms with Gasteiger partial charge in [0.2, 0.25) is 5.91 Å². The number of piperazine rings is 1. The molecule has 1 saturated heterocycles. The summed E-state index contributed by atoms with van der Waals surface area (Å²) in [7, 11) is 0.